The van der Waals surface area contributed by atoms with Gasteiger partial charge in [-0.3, -0.25) is 9.69 Å². The van der Waals surface area contributed by atoms with E-state index in [1.165, 1.54) is 5.56 Å². The van der Waals surface area contributed by atoms with Gasteiger partial charge in [0.2, 0.25) is 0 Å². The molecule has 0 aromatic heterocycles. The Hall–Kier alpha value is -2.37. The van der Waals surface area contributed by atoms with Gasteiger partial charge in [0.1, 0.15) is 5.75 Å². The quantitative estimate of drug-likeness (QED) is 0.714. The maximum absolute atomic E-state index is 12.6. The van der Waals surface area contributed by atoms with E-state index in [2.05, 4.69) is 60.5 Å². The molecule has 1 aliphatic rings. The topological polar surface area (TPSA) is 50.8 Å². The number of hydrogen-bond acceptors (Lipinski definition) is 4. The molecule has 1 saturated heterocycles. The molecule has 0 spiro atoms. The van der Waals surface area contributed by atoms with Crippen molar-refractivity contribution in [3.63, 3.8) is 0 Å². The van der Waals surface area contributed by atoms with E-state index in [0.717, 1.165) is 55.3 Å². The Morgan fingerprint density at radius 2 is 1.73 bits per heavy atom. The fourth-order valence-electron chi connectivity index (χ4n) is 3.58. The number of rotatable bonds is 8. The van der Waals surface area contributed by atoms with Crippen LogP contribution in [0.1, 0.15) is 48.9 Å². The Bertz CT molecular complexity index is 827. The molecule has 0 radical (unpaired) electrons. The standard InChI is InChI=1S/C25H34N2O3/c1-18(2)23-10-5-19(3)15-24(23)30-20(4)25(28)26-16-21-6-8-22(9-7-21)17-27-11-13-29-14-12-27/h5-10,15,18,20H,11-14,16-17H2,1-4H3,(H,26,28)/t20-/m0/s1. The maximum atomic E-state index is 12.6. The zero-order chi connectivity index (χ0) is 21.5. The van der Waals surface area contributed by atoms with Crippen LogP contribution in [0.2, 0.25) is 0 Å². The lowest BCUT2D eigenvalue weighted by Crippen LogP contribution is -2.36. The first-order valence-corrected chi connectivity index (χ1v) is 10.8. The van der Waals surface area contributed by atoms with Gasteiger partial charge in [0.15, 0.2) is 6.10 Å². The molecule has 1 N–H and O–H groups in total. The number of nitrogens with zero attached hydrogens (tertiary/aromatic N) is 1. The van der Waals surface area contributed by atoms with Crippen molar-refractivity contribution >= 4 is 5.91 Å². The van der Waals surface area contributed by atoms with Gasteiger partial charge in [-0.15, -0.1) is 0 Å². The van der Waals surface area contributed by atoms with Crippen LogP contribution in [0.15, 0.2) is 42.5 Å². The first-order valence-electron chi connectivity index (χ1n) is 10.8. The van der Waals surface area contributed by atoms with Crippen molar-refractivity contribution in [1.82, 2.24) is 10.2 Å². The van der Waals surface area contributed by atoms with E-state index < -0.39 is 6.10 Å². The number of morpholine rings is 1. The lowest BCUT2D eigenvalue weighted by molar-refractivity contribution is -0.127. The van der Waals surface area contributed by atoms with Crippen LogP contribution >= 0.6 is 0 Å². The van der Waals surface area contributed by atoms with Crippen LogP contribution in [0.5, 0.6) is 5.75 Å². The summed E-state index contributed by atoms with van der Waals surface area (Å²) in [6.07, 6.45) is -0.551. The maximum Gasteiger partial charge on any atom is 0.261 e. The largest absolute Gasteiger partial charge is 0.481 e. The van der Waals surface area contributed by atoms with Crippen molar-refractivity contribution in [2.24, 2.45) is 0 Å². The molecule has 2 aromatic carbocycles. The van der Waals surface area contributed by atoms with Crippen LogP contribution in [0.4, 0.5) is 0 Å². The van der Waals surface area contributed by atoms with Gasteiger partial charge in [-0.1, -0.05) is 50.2 Å². The van der Waals surface area contributed by atoms with Crippen molar-refractivity contribution in [3.05, 3.63) is 64.7 Å². The molecule has 0 aliphatic carbocycles. The van der Waals surface area contributed by atoms with E-state index in [1.54, 1.807) is 6.92 Å². The van der Waals surface area contributed by atoms with Crippen LogP contribution in [0.25, 0.3) is 0 Å². The molecular formula is C25H34N2O3. The molecule has 30 heavy (non-hydrogen) atoms. The molecule has 1 heterocycles. The zero-order valence-electron chi connectivity index (χ0n) is 18.6. The second-order valence-electron chi connectivity index (χ2n) is 8.38. The lowest BCUT2D eigenvalue weighted by Gasteiger charge is -2.26. The second-order valence-corrected chi connectivity index (χ2v) is 8.38. The smallest absolute Gasteiger partial charge is 0.261 e. The minimum atomic E-state index is -0.551. The van der Waals surface area contributed by atoms with Crippen molar-refractivity contribution in [2.75, 3.05) is 26.3 Å². The average molecular weight is 411 g/mol. The van der Waals surface area contributed by atoms with E-state index >= 15 is 0 Å². The number of aryl methyl sites for hydroxylation is 1. The van der Waals surface area contributed by atoms with Crippen LogP contribution in [-0.4, -0.2) is 43.2 Å². The summed E-state index contributed by atoms with van der Waals surface area (Å²) in [4.78, 5) is 15.0. The predicted molar refractivity (Wildman–Crippen MR) is 120 cm³/mol. The molecule has 1 atom stereocenters. The van der Waals surface area contributed by atoms with Crippen LogP contribution in [0, 0.1) is 6.92 Å². The summed E-state index contributed by atoms with van der Waals surface area (Å²) in [6.45, 7) is 13.1. The molecule has 3 rings (SSSR count). The monoisotopic (exact) mass is 410 g/mol. The minimum absolute atomic E-state index is 0.108. The third-order valence-electron chi connectivity index (χ3n) is 5.46. The van der Waals surface area contributed by atoms with Gasteiger partial charge in [0, 0.05) is 26.2 Å². The van der Waals surface area contributed by atoms with E-state index in [9.17, 15) is 4.79 Å². The Kier molecular flexibility index (Phi) is 7.88. The Morgan fingerprint density at radius 1 is 1.07 bits per heavy atom. The zero-order valence-corrected chi connectivity index (χ0v) is 18.6. The molecule has 1 amide bonds. The highest BCUT2D eigenvalue weighted by Gasteiger charge is 2.17. The Balaban J connectivity index is 1.50. The molecule has 0 bridgehead atoms. The summed E-state index contributed by atoms with van der Waals surface area (Å²) >= 11 is 0. The summed E-state index contributed by atoms with van der Waals surface area (Å²) in [5.41, 5.74) is 4.61. The highest BCUT2D eigenvalue weighted by Crippen LogP contribution is 2.28. The molecule has 5 heteroatoms. The van der Waals surface area contributed by atoms with Crippen molar-refractivity contribution < 1.29 is 14.3 Å². The molecular weight excluding hydrogens is 376 g/mol. The second kappa shape index (κ2) is 10.6. The number of nitrogens with one attached hydrogen (secondary N) is 1. The summed E-state index contributed by atoms with van der Waals surface area (Å²) in [5.74, 6) is 1.02. The number of carbonyl (C=O) groups excluding carboxylic acids is 1. The number of ether oxygens (including phenoxy) is 2. The highest BCUT2D eigenvalue weighted by molar-refractivity contribution is 5.80. The fraction of sp³-hybridized carbons (Fsp3) is 0.480. The van der Waals surface area contributed by atoms with E-state index in [0.29, 0.717) is 12.5 Å². The molecule has 5 nitrogen and oxygen atoms in total. The first-order chi connectivity index (χ1) is 14.4. The van der Waals surface area contributed by atoms with E-state index in [4.69, 9.17) is 9.47 Å². The molecule has 0 unspecified atom stereocenters. The summed E-state index contributed by atoms with van der Waals surface area (Å²) in [6, 6.07) is 14.6. The summed E-state index contributed by atoms with van der Waals surface area (Å²) in [7, 11) is 0. The molecule has 2 aromatic rings. The third-order valence-corrected chi connectivity index (χ3v) is 5.46. The van der Waals surface area contributed by atoms with E-state index in [1.807, 2.05) is 13.0 Å². The van der Waals surface area contributed by atoms with Gasteiger partial charge in [-0.2, -0.15) is 0 Å². The van der Waals surface area contributed by atoms with Gasteiger partial charge >= 0.3 is 0 Å². The number of amides is 1. The molecule has 0 saturated carbocycles. The Morgan fingerprint density at radius 3 is 2.40 bits per heavy atom. The van der Waals surface area contributed by atoms with Gasteiger partial charge in [0.05, 0.1) is 13.2 Å². The van der Waals surface area contributed by atoms with Gasteiger partial charge < -0.3 is 14.8 Å². The van der Waals surface area contributed by atoms with E-state index in [-0.39, 0.29) is 5.91 Å². The Labute approximate surface area is 180 Å². The minimum Gasteiger partial charge on any atom is -0.481 e. The van der Waals surface area contributed by atoms with Crippen molar-refractivity contribution in [3.8, 4) is 5.75 Å². The first kappa shape index (κ1) is 22.3. The predicted octanol–water partition coefficient (Wildman–Crippen LogP) is 4.03. The van der Waals surface area contributed by atoms with Crippen molar-refractivity contribution in [2.45, 2.75) is 52.8 Å². The number of benzene rings is 2. The number of hydrogen-bond donors (Lipinski definition) is 1. The van der Waals surface area contributed by atoms with Crippen LogP contribution in [-0.2, 0) is 22.6 Å². The summed E-state index contributed by atoms with van der Waals surface area (Å²) < 4.78 is 11.4. The molecule has 1 fully saturated rings. The molecule has 1 aliphatic heterocycles. The fourth-order valence-corrected chi connectivity index (χ4v) is 3.58. The highest BCUT2D eigenvalue weighted by atomic mass is 16.5. The average Bonchev–Trinajstić information content (AvgIpc) is 2.73. The van der Waals surface area contributed by atoms with Gasteiger partial charge in [-0.05, 0) is 48.1 Å². The lowest BCUT2D eigenvalue weighted by atomic mass is 10.0. The van der Waals surface area contributed by atoms with Crippen molar-refractivity contribution in [1.29, 1.82) is 0 Å². The summed E-state index contributed by atoms with van der Waals surface area (Å²) in [5, 5.41) is 2.99. The normalized spacial score (nSPS) is 15.8. The van der Waals surface area contributed by atoms with Gasteiger partial charge in [0.25, 0.3) is 5.91 Å². The third kappa shape index (κ3) is 6.31. The van der Waals surface area contributed by atoms with Crippen LogP contribution in [0.3, 0.4) is 0 Å². The SMILES string of the molecule is Cc1ccc(C(C)C)c(O[C@@H](C)C(=O)NCc2ccc(CN3CCOCC3)cc2)c1. The van der Waals surface area contributed by atoms with Crippen LogP contribution < -0.4 is 10.1 Å². The molecule has 162 valence electrons. The number of carbonyl (C=O) groups is 1. The van der Waals surface area contributed by atoms with Gasteiger partial charge in [-0.25, -0.2) is 0 Å².